The van der Waals surface area contributed by atoms with E-state index in [4.69, 9.17) is 18.9 Å². The van der Waals surface area contributed by atoms with Gasteiger partial charge in [0.25, 0.3) is 0 Å². The maximum atomic E-state index is 10.3. The van der Waals surface area contributed by atoms with Crippen LogP contribution < -0.4 is 0 Å². The lowest BCUT2D eigenvalue weighted by molar-refractivity contribution is -0.357. The Hall–Kier alpha value is -0.440. The Balaban J connectivity index is 2.15. The second kappa shape index (κ2) is 8.97. The second-order valence-electron chi connectivity index (χ2n) is 5.96. The van der Waals surface area contributed by atoms with E-state index in [0.29, 0.717) is 0 Å². The van der Waals surface area contributed by atoms with Crippen molar-refractivity contribution in [3.63, 3.8) is 0 Å². The van der Waals surface area contributed by atoms with Crippen molar-refractivity contribution in [2.45, 2.75) is 68.3 Å². The van der Waals surface area contributed by atoms with Crippen LogP contribution in [0, 0.1) is 0 Å². The van der Waals surface area contributed by atoms with Gasteiger partial charge in [-0.15, -0.1) is 0 Å². The summed E-state index contributed by atoms with van der Waals surface area (Å²) in [4.78, 5) is 0. The third-order valence-electron chi connectivity index (χ3n) is 4.31. The van der Waals surface area contributed by atoms with Crippen LogP contribution in [-0.4, -0.2) is 117 Å². The first kappa shape index (κ1) is 20.9. The molecule has 2 fully saturated rings. The molecule has 2 aliphatic rings. The molecule has 0 unspecified atom stereocenters. The summed E-state index contributed by atoms with van der Waals surface area (Å²) in [6.07, 6.45) is -14.1. The summed E-state index contributed by atoms with van der Waals surface area (Å²) in [6, 6.07) is 0. The number of hydrogen-bond donors (Lipinski definition) is 7. The highest BCUT2D eigenvalue weighted by molar-refractivity contribution is 4.94. The molecule has 10 atom stereocenters. The van der Waals surface area contributed by atoms with E-state index in [1.807, 2.05) is 0 Å². The Morgan fingerprint density at radius 3 is 1.96 bits per heavy atom. The fraction of sp³-hybridized carbons (Fsp3) is 1.00. The molecule has 0 aromatic carbocycles. The third kappa shape index (κ3) is 4.28. The third-order valence-corrected chi connectivity index (χ3v) is 4.31. The van der Waals surface area contributed by atoms with Crippen molar-refractivity contribution in [1.29, 1.82) is 0 Å². The van der Waals surface area contributed by atoms with Gasteiger partial charge in [-0.2, -0.15) is 0 Å². The summed E-state index contributed by atoms with van der Waals surface area (Å²) in [6.45, 7) is 0.598. The van der Waals surface area contributed by atoms with Gasteiger partial charge < -0.3 is 54.7 Å². The molecule has 7 N–H and O–H groups in total. The van der Waals surface area contributed by atoms with Crippen LogP contribution >= 0.6 is 0 Å². The van der Waals surface area contributed by atoms with Gasteiger partial charge in [-0.25, -0.2) is 0 Å². The molecule has 11 heteroatoms. The predicted octanol–water partition coefficient (Wildman–Crippen LogP) is -4.35. The normalized spacial score (nSPS) is 48.5. The van der Waals surface area contributed by atoms with E-state index in [0.717, 1.165) is 0 Å². The van der Waals surface area contributed by atoms with Crippen molar-refractivity contribution >= 4 is 0 Å². The lowest BCUT2D eigenvalue weighted by Crippen LogP contribution is -2.64. The predicted molar refractivity (Wildman–Crippen MR) is 78.0 cm³/mol. The molecule has 0 radical (unpaired) electrons. The van der Waals surface area contributed by atoms with E-state index in [-0.39, 0.29) is 6.61 Å². The first-order valence-electron chi connectivity index (χ1n) is 8.05. The maximum Gasteiger partial charge on any atom is 0.187 e. The summed E-state index contributed by atoms with van der Waals surface area (Å²) in [5.41, 5.74) is 0. The lowest BCUT2D eigenvalue weighted by Gasteiger charge is -2.46. The van der Waals surface area contributed by atoms with Gasteiger partial charge in [-0.3, -0.25) is 0 Å². The molecule has 2 heterocycles. The molecule has 0 aromatic heterocycles. The zero-order valence-corrected chi connectivity index (χ0v) is 13.7. The maximum absolute atomic E-state index is 10.3. The van der Waals surface area contributed by atoms with Gasteiger partial charge >= 0.3 is 0 Å². The SMILES string of the molecule is CCO[C@@H]1[C@@H](O)[C@@H](O[C@H]2[C@H](O)[C@@H](O)[C@@H](O)O[C@@H]2CO)O[C@H](CO)[C@H]1O. The van der Waals surface area contributed by atoms with Gasteiger partial charge in [0.2, 0.25) is 0 Å². The molecule has 2 saturated heterocycles. The highest BCUT2D eigenvalue weighted by Gasteiger charge is 2.50. The van der Waals surface area contributed by atoms with Gasteiger partial charge in [0, 0.05) is 6.61 Å². The largest absolute Gasteiger partial charge is 0.394 e. The van der Waals surface area contributed by atoms with Crippen LogP contribution in [0.1, 0.15) is 6.92 Å². The first-order valence-corrected chi connectivity index (χ1v) is 8.05. The van der Waals surface area contributed by atoms with Crippen LogP contribution in [0.2, 0.25) is 0 Å². The fourth-order valence-corrected chi connectivity index (χ4v) is 2.94. The van der Waals surface area contributed by atoms with Gasteiger partial charge in [-0.1, -0.05) is 0 Å². The summed E-state index contributed by atoms with van der Waals surface area (Å²) >= 11 is 0. The zero-order valence-electron chi connectivity index (χ0n) is 13.7. The van der Waals surface area contributed by atoms with Gasteiger partial charge in [0.05, 0.1) is 13.2 Å². The van der Waals surface area contributed by atoms with Crippen molar-refractivity contribution in [3.8, 4) is 0 Å². The van der Waals surface area contributed by atoms with Gasteiger partial charge in [-0.05, 0) is 6.92 Å². The summed E-state index contributed by atoms with van der Waals surface area (Å²) in [5, 5.41) is 68.3. The Morgan fingerprint density at radius 1 is 0.760 bits per heavy atom. The van der Waals surface area contributed by atoms with Crippen molar-refractivity contribution in [1.82, 2.24) is 0 Å². The Labute approximate surface area is 143 Å². The molecule has 11 nitrogen and oxygen atoms in total. The van der Waals surface area contributed by atoms with E-state index in [2.05, 4.69) is 0 Å². The molecular formula is C14H26O11. The number of ether oxygens (including phenoxy) is 4. The van der Waals surface area contributed by atoms with Crippen molar-refractivity contribution in [2.24, 2.45) is 0 Å². The number of hydrogen-bond acceptors (Lipinski definition) is 11. The second-order valence-corrected chi connectivity index (χ2v) is 5.96. The van der Waals surface area contributed by atoms with Crippen molar-refractivity contribution < 1.29 is 54.7 Å². The van der Waals surface area contributed by atoms with Crippen LogP contribution in [0.15, 0.2) is 0 Å². The monoisotopic (exact) mass is 370 g/mol. The highest BCUT2D eigenvalue weighted by atomic mass is 16.7. The minimum Gasteiger partial charge on any atom is -0.394 e. The molecule has 2 aliphatic heterocycles. The molecule has 0 saturated carbocycles. The molecule has 0 amide bonds. The topological polar surface area (TPSA) is 179 Å². The minimum atomic E-state index is -1.72. The zero-order chi connectivity index (χ0) is 18.7. The van der Waals surface area contributed by atoms with Gasteiger partial charge in [0.1, 0.15) is 48.8 Å². The lowest BCUT2D eigenvalue weighted by atomic mass is 9.97. The van der Waals surface area contributed by atoms with Crippen LogP contribution in [0.25, 0.3) is 0 Å². The molecule has 0 spiro atoms. The van der Waals surface area contributed by atoms with Crippen molar-refractivity contribution in [2.75, 3.05) is 19.8 Å². The van der Waals surface area contributed by atoms with Crippen LogP contribution in [0.4, 0.5) is 0 Å². The molecule has 0 aromatic rings. The van der Waals surface area contributed by atoms with Crippen LogP contribution in [0.3, 0.4) is 0 Å². The van der Waals surface area contributed by atoms with E-state index in [9.17, 15) is 35.7 Å². The Kier molecular flexibility index (Phi) is 7.49. The van der Waals surface area contributed by atoms with E-state index < -0.39 is 74.6 Å². The first-order chi connectivity index (χ1) is 11.8. The standard InChI is InChI=1S/C14H26O11/c1-2-22-12-7(17)5(3-15)24-14(10(12)20)25-11-6(4-16)23-13(21)9(19)8(11)18/h5-21H,2-4H2,1H3/t5-,6-,7-,8-,9-,10-,11-,12+,13+,14-/m1/s1. The highest BCUT2D eigenvalue weighted by Crippen LogP contribution is 2.29. The average Bonchev–Trinajstić information content (AvgIpc) is 2.60. The van der Waals surface area contributed by atoms with Crippen LogP contribution in [0.5, 0.6) is 0 Å². The Morgan fingerprint density at radius 2 is 1.40 bits per heavy atom. The van der Waals surface area contributed by atoms with E-state index in [1.54, 1.807) is 6.92 Å². The molecule has 2 rings (SSSR count). The smallest absolute Gasteiger partial charge is 0.187 e. The van der Waals surface area contributed by atoms with E-state index in [1.165, 1.54) is 0 Å². The summed E-state index contributed by atoms with van der Waals surface area (Å²) in [5.74, 6) is 0. The Bertz CT molecular complexity index is 408. The number of rotatable bonds is 6. The molecule has 25 heavy (non-hydrogen) atoms. The van der Waals surface area contributed by atoms with Gasteiger partial charge in [0.15, 0.2) is 12.6 Å². The quantitative estimate of drug-likeness (QED) is 0.240. The molecule has 148 valence electrons. The minimum absolute atomic E-state index is 0.170. The fourth-order valence-electron chi connectivity index (χ4n) is 2.94. The number of aliphatic hydroxyl groups excluding tert-OH is 7. The molecular weight excluding hydrogens is 344 g/mol. The van der Waals surface area contributed by atoms with E-state index >= 15 is 0 Å². The van der Waals surface area contributed by atoms with Crippen LogP contribution in [-0.2, 0) is 18.9 Å². The molecule has 0 bridgehead atoms. The van der Waals surface area contributed by atoms with Crippen molar-refractivity contribution in [3.05, 3.63) is 0 Å². The molecule has 0 aliphatic carbocycles. The number of aliphatic hydroxyl groups is 7. The average molecular weight is 370 g/mol. The summed E-state index contributed by atoms with van der Waals surface area (Å²) < 4.78 is 21.0. The summed E-state index contributed by atoms with van der Waals surface area (Å²) in [7, 11) is 0.